The third-order valence-corrected chi connectivity index (χ3v) is 10.3. The highest BCUT2D eigenvalue weighted by atomic mass is 15.1. The zero-order valence-electron chi connectivity index (χ0n) is 28.5. The largest absolute Gasteiger partial charge is 0.311 e. The number of aromatic nitrogens is 1. The van der Waals surface area contributed by atoms with Crippen LogP contribution in [0.15, 0.2) is 206 Å². The molecule has 0 aliphatic rings. The highest BCUT2D eigenvalue weighted by molar-refractivity contribution is 6.25. The fourth-order valence-electron chi connectivity index (χ4n) is 7.98. The number of fused-ring (bicyclic) bond motifs is 6. The molecule has 0 aliphatic carbocycles. The third kappa shape index (κ3) is 4.96. The van der Waals surface area contributed by atoms with Gasteiger partial charge in [-0.25, -0.2) is 0 Å². The van der Waals surface area contributed by atoms with Crippen LogP contribution < -0.4 is 4.90 Å². The Morgan fingerprint density at radius 1 is 0.346 bits per heavy atom. The van der Waals surface area contributed by atoms with Crippen LogP contribution in [-0.4, -0.2) is 4.57 Å². The van der Waals surface area contributed by atoms with Crippen LogP contribution in [-0.2, 0) is 0 Å². The second-order valence-corrected chi connectivity index (χ2v) is 13.4. The van der Waals surface area contributed by atoms with E-state index in [9.17, 15) is 0 Å². The van der Waals surface area contributed by atoms with Crippen molar-refractivity contribution in [3.8, 4) is 27.9 Å². The van der Waals surface area contributed by atoms with Crippen molar-refractivity contribution in [2.45, 2.75) is 0 Å². The molecule has 244 valence electrons. The van der Waals surface area contributed by atoms with Gasteiger partial charge in [0.25, 0.3) is 0 Å². The molecule has 52 heavy (non-hydrogen) atoms. The van der Waals surface area contributed by atoms with Crippen LogP contribution in [0.3, 0.4) is 0 Å². The second-order valence-electron chi connectivity index (χ2n) is 13.4. The minimum atomic E-state index is 1.12. The van der Waals surface area contributed by atoms with Crippen LogP contribution >= 0.6 is 0 Å². The predicted octanol–water partition coefficient (Wildman–Crippen LogP) is 13.9. The van der Waals surface area contributed by atoms with Gasteiger partial charge in [0.05, 0.1) is 11.0 Å². The molecular formula is C50H34N2. The van der Waals surface area contributed by atoms with Crippen LogP contribution in [0, 0.1) is 0 Å². The molecule has 0 saturated heterocycles. The first-order chi connectivity index (χ1) is 25.8. The van der Waals surface area contributed by atoms with E-state index in [0.717, 1.165) is 22.7 Å². The highest BCUT2D eigenvalue weighted by Gasteiger charge is 2.21. The SMILES string of the molecule is c1ccc(N(c2ccccc2)c2ccc(-c3ccc4c5c(-c6cccc7ccccc67)cc6ccccc6c5n(-c5ccccc5)c4c3)cc2)cc1. The second kappa shape index (κ2) is 12.5. The maximum atomic E-state index is 2.48. The molecule has 0 unspecified atom stereocenters. The minimum Gasteiger partial charge on any atom is -0.311 e. The van der Waals surface area contributed by atoms with Crippen LogP contribution in [0.5, 0.6) is 0 Å². The molecule has 0 radical (unpaired) electrons. The monoisotopic (exact) mass is 662 g/mol. The summed E-state index contributed by atoms with van der Waals surface area (Å²) in [5.74, 6) is 0. The molecule has 0 bridgehead atoms. The van der Waals surface area contributed by atoms with Gasteiger partial charge in [0.1, 0.15) is 0 Å². The highest BCUT2D eigenvalue weighted by Crippen LogP contribution is 2.45. The van der Waals surface area contributed by atoms with Gasteiger partial charge < -0.3 is 9.47 Å². The van der Waals surface area contributed by atoms with Gasteiger partial charge in [-0.05, 0) is 99.1 Å². The topological polar surface area (TPSA) is 8.17 Å². The summed E-state index contributed by atoms with van der Waals surface area (Å²) in [6.07, 6.45) is 0. The maximum absolute atomic E-state index is 2.48. The van der Waals surface area contributed by atoms with Crippen molar-refractivity contribution in [2.75, 3.05) is 4.90 Å². The Kier molecular flexibility index (Phi) is 7.18. The van der Waals surface area contributed by atoms with E-state index in [1.165, 1.54) is 65.6 Å². The predicted molar refractivity (Wildman–Crippen MR) is 221 cm³/mol. The lowest BCUT2D eigenvalue weighted by Crippen LogP contribution is -2.09. The Balaban J connectivity index is 1.21. The Morgan fingerprint density at radius 2 is 0.904 bits per heavy atom. The van der Waals surface area contributed by atoms with E-state index in [4.69, 9.17) is 0 Å². The van der Waals surface area contributed by atoms with E-state index >= 15 is 0 Å². The molecule has 1 aromatic heterocycles. The van der Waals surface area contributed by atoms with Crippen LogP contribution in [0.25, 0.3) is 71.3 Å². The zero-order valence-corrected chi connectivity index (χ0v) is 28.5. The van der Waals surface area contributed by atoms with E-state index in [-0.39, 0.29) is 0 Å². The van der Waals surface area contributed by atoms with Crippen molar-refractivity contribution in [1.82, 2.24) is 4.57 Å². The minimum absolute atomic E-state index is 1.12. The van der Waals surface area contributed by atoms with Crippen molar-refractivity contribution >= 4 is 60.4 Å². The van der Waals surface area contributed by atoms with E-state index in [0.29, 0.717) is 0 Å². The maximum Gasteiger partial charge on any atom is 0.0625 e. The average molecular weight is 663 g/mol. The van der Waals surface area contributed by atoms with Gasteiger partial charge in [-0.1, -0.05) is 146 Å². The number of para-hydroxylation sites is 3. The fourth-order valence-corrected chi connectivity index (χ4v) is 7.98. The third-order valence-electron chi connectivity index (χ3n) is 10.3. The number of benzene rings is 9. The van der Waals surface area contributed by atoms with E-state index in [1.807, 2.05) is 0 Å². The number of anilines is 3. The van der Waals surface area contributed by atoms with Crippen LogP contribution in [0.2, 0.25) is 0 Å². The fraction of sp³-hybridized carbons (Fsp3) is 0. The number of nitrogens with zero attached hydrogens (tertiary/aromatic N) is 2. The molecule has 0 spiro atoms. The molecule has 0 atom stereocenters. The van der Waals surface area contributed by atoms with Gasteiger partial charge in [0.2, 0.25) is 0 Å². The molecule has 2 heteroatoms. The molecule has 1 heterocycles. The normalized spacial score (nSPS) is 11.5. The van der Waals surface area contributed by atoms with Gasteiger partial charge in [0.15, 0.2) is 0 Å². The first kappa shape index (κ1) is 30.0. The molecule has 0 amide bonds. The Labute approximate surface area is 303 Å². The molecule has 9 aromatic carbocycles. The van der Waals surface area contributed by atoms with Crippen molar-refractivity contribution in [3.63, 3.8) is 0 Å². The number of rotatable bonds is 6. The van der Waals surface area contributed by atoms with Crippen molar-refractivity contribution < 1.29 is 0 Å². The summed E-state index contributed by atoms with van der Waals surface area (Å²) >= 11 is 0. The average Bonchev–Trinajstić information content (AvgIpc) is 3.57. The lowest BCUT2D eigenvalue weighted by Gasteiger charge is -2.25. The van der Waals surface area contributed by atoms with Gasteiger partial charge >= 0.3 is 0 Å². The summed E-state index contributed by atoms with van der Waals surface area (Å²) < 4.78 is 2.48. The lowest BCUT2D eigenvalue weighted by molar-refractivity contribution is 1.19. The lowest BCUT2D eigenvalue weighted by atomic mass is 9.92. The summed E-state index contributed by atoms with van der Waals surface area (Å²) in [6, 6.07) is 74.6. The van der Waals surface area contributed by atoms with Gasteiger partial charge in [0, 0.05) is 38.9 Å². The van der Waals surface area contributed by atoms with Crippen LogP contribution in [0.4, 0.5) is 17.1 Å². The standard InChI is InChI=1S/C50H34N2/c1-4-18-39(19-5-1)51(40-20-6-2-7-21-40)42-30-27-35(28-31-42)37-29-32-46-48(34-37)52(41-22-8-3-9-23-41)50-44-25-13-11-16-38(44)33-47(49(46)50)45-26-14-17-36-15-10-12-24-43(36)45/h1-34H. The zero-order chi connectivity index (χ0) is 34.4. The van der Waals surface area contributed by atoms with Crippen molar-refractivity contribution in [1.29, 1.82) is 0 Å². The van der Waals surface area contributed by atoms with Crippen molar-refractivity contribution in [3.05, 3.63) is 206 Å². The van der Waals surface area contributed by atoms with E-state index in [2.05, 4.69) is 216 Å². The molecule has 0 saturated carbocycles. The summed E-state index contributed by atoms with van der Waals surface area (Å²) in [5, 5.41) is 7.50. The summed E-state index contributed by atoms with van der Waals surface area (Å²) in [4.78, 5) is 2.31. The summed E-state index contributed by atoms with van der Waals surface area (Å²) in [6.45, 7) is 0. The Morgan fingerprint density at radius 3 is 1.62 bits per heavy atom. The Hall–Kier alpha value is -6.90. The number of hydrogen-bond acceptors (Lipinski definition) is 1. The molecule has 0 aliphatic heterocycles. The molecule has 0 N–H and O–H groups in total. The number of hydrogen-bond donors (Lipinski definition) is 0. The van der Waals surface area contributed by atoms with E-state index in [1.54, 1.807) is 0 Å². The summed E-state index contributed by atoms with van der Waals surface area (Å²) in [7, 11) is 0. The smallest absolute Gasteiger partial charge is 0.0625 e. The van der Waals surface area contributed by atoms with Gasteiger partial charge in [-0.15, -0.1) is 0 Å². The molecule has 0 fully saturated rings. The quantitative estimate of drug-likeness (QED) is 0.172. The Bertz CT molecular complexity index is 2830. The molecule has 10 rings (SSSR count). The first-order valence-corrected chi connectivity index (χ1v) is 17.9. The van der Waals surface area contributed by atoms with E-state index < -0.39 is 0 Å². The molecule has 10 aromatic rings. The molecular weight excluding hydrogens is 629 g/mol. The van der Waals surface area contributed by atoms with Gasteiger partial charge in [-0.3, -0.25) is 0 Å². The molecule has 2 nitrogen and oxygen atoms in total. The van der Waals surface area contributed by atoms with Crippen molar-refractivity contribution in [2.24, 2.45) is 0 Å². The first-order valence-electron chi connectivity index (χ1n) is 17.9. The summed E-state index contributed by atoms with van der Waals surface area (Å²) in [5.41, 5.74) is 11.8. The van der Waals surface area contributed by atoms with Crippen LogP contribution in [0.1, 0.15) is 0 Å². The van der Waals surface area contributed by atoms with Gasteiger partial charge in [-0.2, -0.15) is 0 Å².